The highest BCUT2D eigenvalue weighted by atomic mass is 79.9. The lowest BCUT2D eigenvalue weighted by Gasteiger charge is -2.17. The van der Waals surface area contributed by atoms with Gasteiger partial charge in [-0.25, -0.2) is 4.39 Å². The molecule has 0 fully saturated rings. The topological polar surface area (TPSA) is 46.5 Å². The van der Waals surface area contributed by atoms with Crippen LogP contribution in [0.1, 0.15) is 15.9 Å². The molecule has 6 heteroatoms. The first-order valence-corrected chi connectivity index (χ1v) is 8.51. The van der Waals surface area contributed by atoms with Gasteiger partial charge in [-0.05, 0) is 42.0 Å². The van der Waals surface area contributed by atoms with E-state index in [9.17, 15) is 14.3 Å². The smallest absolute Gasteiger partial charge is 0.191 e. The highest BCUT2D eigenvalue weighted by Gasteiger charge is 2.23. The van der Waals surface area contributed by atoms with E-state index >= 15 is 0 Å². The van der Waals surface area contributed by atoms with Crippen molar-refractivity contribution < 1.29 is 19.0 Å². The maximum atomic E-state index is 13.4. The van der Waals surface area contributed by atoms with E-state index in [1.54, 1.807) is 18.2 Å². The molecule has 1 aliphatic heterocycles. The van der Waals surface area contributed by atoms with Crippen LogP contribution in [0, 0.1) is 5.82 Å². The molecule has 1 heterocycles. The van der Waals surface area contributed by atoms with Crippen LogP contribution in [0.5, 0.6) is 11.5 Å². The molecule has 0 amide bonds. The zero-order valence-corrected chi connectivity index (χ0v) is 14.5. The first-order valence-electron chi connectivity index (χ1n) is 6.73. The number of fused-ring (bicyclic) bond motifs is 1. The number of hydrogen-bond donors (Lipinski definition) is 1. The fourth-order valence-electron chi connectivity index (χ4n) is 2.33. The number of benzene rings is 2. The molecule has 0 bridgehead atoms. The van der Waals surface area contributed by atoms with Gasteiger partial charge in [0.1, 0.15) is 5.82 Å². The fourth-order valence-corrected chi connectivity index (χ4v) is 3.77. The number of carbonyl (C=O) groups excluding carboxylic acids is 1. The summed E-state index contributed by atoms with van der Waals surface area (Å²) in [4.78, 5) is 13.3. The van der Waals surface area contributed by atoms with E-state index in [2.05, 4.69) is 15.9 Å². The number of phenolic OH excluding ortho intramolecular Hbond substituents is 1. The van der Waals surface area contributed by atoms with Crippen LogP contribution in [0.3, 0.4) is 0 Å². The van der Waals surface area contributed by atoms with Gasteiger partial charge in [-0.3, -0.25) is 4.79 Å². The second-order valence-electron chi connectivity index (χ2n) is 4.97. The summed E-state index contributed by atoms with van der Waals surface area (Å²) in [5, 5.41) is 9.75. The number of ether oxygens (including phenoxy) is 1. The van der Waals surface area contributed by atoms with Crippen LogP contribution >= 0.6 is 27.7 Å². The molecule has 0 radical (unpaired) electrons. The van der Waals surface area contributed by atoms with Gasteiger partial charge in [-0.1, -0.05) is 15.9 Å². The molecule has 0 aliphatic carbocycles. The first kappa shape index (κ1) is 16.1. The summed E-state index contributed by atoms with van der Waals surface area (Å²) < 4.78 is 19.1. The van der Waals surface area contributed by atoms with E-state index in [1.165, 1.54) is 37.1 Å². The number of aromatic hydroxyl groups is 1. The molecule has 0 saturated heterocycles. The van der Waals surface area contributed by atoms with Gasteiger partial charge in [0.25, 0.3) is 0 Å². The van der Waals surface area contributed by atoms with Crippen LogP contribution in [0.25, 0.3) is 6.08 Å². The maximum absolute atomic E-state index is 13.4. The molecule has 0 atom stereocenters. The fraction of sp³-hybridized carbons (Fsp3) is 0.118. The van der Waals surface area contributed by atoms with Crippen molar-refractivity contribution in [2.75, 3.05) is 12.9 Å². The lowest BCUT2D eigenvalue weighted by molar-refractivity contribution is 0.103. The summed E-state index contributed by atoms with van der Waals surface area (Å²) >= 11 is 4.86. The monoisotopic (exact) mass is 394 g/mol. The quantitative estimate of drug-likeness (QED) is 0.751. The number of carbonyl (C=O) groups is 1. The number of Topliss-reactive ketones (excluding diaryl/α,β-unsaturated/α-hetero) is 1. The van der Waals surface area contributed by atoms with E-state index in [1.807, 2.05) is 0 Å². The lowest BCUT2D eigenvalue weighted by atomic mass is 10.0. The minimum Gasteiger partial charge on any atom is -0.504 e. The Morgan fingerprint density at radius 3 is 2.87 bits per heavy atom. The number of halogens is 2. The van der Waals surface area contributed by atoms with Gasteiger partial charge < -0.3 is 9.84 Å². The Bertz CT molecular complexity index is 833. The second kappa shape index (κ2) is 6.37. The molecular formula is C17H12BrFO3S. The zero-order valence-electron chi connectivity index (χ0n) is 12.1. The number of phenols is 1. The SMILES string of the molecule is COc1cc(/C=C2\CSc3ccc(F)cc3C2=O)c(Br)cc1O. The van der Waals surface area contributed by atoms with E-state index in [0.717, 1.165) is 4.90 Å². The van der Waals surface area contributed by atoms with Gasteiger partial charge in [-0.15, -0.1) is 11.8 Å². The molecule has 1 N–H and O–H groups in total. The molecule has 2 aromatic rings. The molecule has 3 nitrogen and oxygen atoms in total. The number of thioether (sulfide) groups is 1. The summed E-state index contributed by atoms with van der Waals surface area (Å²) in [5.41, 5.74) is 1.67. The molecule has 0 aromatic heterocycles. The Labute approximate surface area is 145 Å². The van der Waals surface area contributed by atoms with Crippen LogP contribution in [-0.2, 0) is 0 Å². The van der Waals surface area contributed by atoms with Gasteiger partial charge in [0.15, 0.2) is 17.3 Å². The third-order valence-electron chi connectivity index (χ3n) is 3.49. The molecule has 118 valence electrons. The summed E-state index contributed by atoms with van der Waals surface area (Å²) in [5.74, 6) is 0.233. The van der Waals surface area contributed by atoms with Crippen molar-refractivity contribution >= 4 is 39.6 Å². The predicted octanol–water partition coefficient (Wildman–Crippen LogP) is 4.67. The average Bonchev–Trinajstić information content (AvgIpc) is 2.53. The van der Waals surface area contributed by atoms with E-state index < -0.39 is 5.82 Å². The van der Waals surface area contributed by atoms with E-state index in [4.69, 9.17) is 4.74 Å². The molecule has 23 heavy (non-hydrogen) atoms. The van der Waals surface area contributed by atoms with Crippen molar-refractivity contribution in [1.82, 2.24) is 0 Å². The highest BCUT2D eigenvalue weighted by Crippen LogP contribution is 2.37. The highest BCUT2D eigenvalue weighted by molar-refractivity contribution is 9.10. The Morgan fingerprint density at radius 2 is 2.13 bits per heavy atom. The van der Waals surface area contributed by atoms with Crippen molar-refractivity contribution in [3.8, 4) is 11.5 Å². The van der Waals surface area contributed by atoms with Gasteiger partial charge in [0.05, 0.1) is 7.11 Å². The standard InChI is InChI=1S/C17H12BrFO3S/c1-22-15-5-9(13(18)7-14(15)20)4-10-8-23-16-3-2-11(19)6-12(16)17(10)21/h2-7,20H,8H2,1H3/b10-4+. The molecule has 3 rings (SSSR count). The molecule has 0 spiro atoms. The Kier molecular flexibility index (Phi) is 4.46. The Hall–Kier alpha value is -1.79. The van der Waals surface area contributed by atoms with Crippen LogP contribution in [0.15, 0.2) is 45.3 Å². The third-order valence-corrected chi connectivity index (χ3v) is 5.30. The minimum atomic E-state index is -0.425. The number of rotatable bonds is 2. The predicted molar refractivity (Wildman–Crippen MR) is 91.8 cm³/mol. The van der Waals surface area contributed by atoms with Crippen LogP contribution < -0.4 is 4.74 Å². The second-order valence-corrected chi connectivity index (χ2v) is 6.84. The van der Waals surface area contributed by atoms with Crippen LogP contribution in [0.2, 0.25) is 0 Å². The summed E-state index contributed by atoms with van der Waals surface area (Å²) in [6.07, 6.45) is 1.73. The Balaban J connectivity index is 2.03. The summed E-state index contributed by atoms with van der Waals surface area (Å²) in [7, 11) is 1.46. The summed E-state index contributed by atoms with van der Waals surface area (Å²) in [6.45, 7) is 0. The largest absolute Gasteiger partial charge is 0.504 e. The van der Waals surface area contributed by atoms with Crippen molar-refractivity contribution in [3.05, 3.63) is 57.3 Å². The van der Waals surface area contributed by atoms with Crippen molar-refractivity contribution in [2.24, 2.45) is 0 Å². The van der Waals surface area contributed by atoms with Crippen molar-refractivity contribution in [3.63, 3.8) is 0 Å². The van der Waals surface area contributed by atoms with Gasteiger partial charge in [-0.2, -0.15) is 0 Å². The number of methoxy groups -OCH3 is 1. The minimum absolute atomic E-state index is 0.0123. The molecule has 0 unspecified atom stereocenters. The zero-order chi connectivity index (χ0) is 16.6. The van der Waals surface area contributed by atoms with E-state index in [-0.39, 0.29) is 11.5 Å². The summed E-state index contributed by atoms with van der Waals surface area (Å²) in [6, 6.07) is 7.41. The van der Waals surface area contributed by atoms with E-state index in [0.29, 0.717) is 32.7 Å². The van der Waals surface area contributed by atoms with Crippen molar-refractivity contribution in [1.29, 1.82) is 0 Å². The molecular weight excluding hydrogens is 383 g/mol. The lowest BCUT2D eigenvalue weighted by Crippen LogP contribution is -2.12. The first-order chi connectivity index (χ1) is 11.0. The maximum Gasteiger partial charge on any atom is 0.191 e. The van der Waals surface area contributed by atoms with Crippen molar-refractivity contribution in [2.45, 2.75) is 4.90 Å². The van der Waals surface area contributed by atoms with Crippen LogP contribution in [-0.4, -0.2) is 23.8 Å². The van der Waals surface area contributed by atoms with Gasteiger partial charge >= 0.3 is 0 Å². The van der Waals surface area contributed by atoms with Crippen LogP contribution in [0.4, 0.5) is 4.39 Å². The normalized spacial score (nSPS) is 15.6. The number of ketones is 1. The average molecular weight is 395 g/mol. The molecule has 0 saturated carbocycles. The molecule has 2 aromatic carbocycles. The number of hydrogen-bond acceptors (Lipinski definition) is 4. The third kappa shape index (κ3) is 3.14. The Morgan fingerprint density at radius 1 is 1.35 bits per heavy atom. The van der Waals surface area contributed by atoms with Gasteiger partial charge in [0, 0.05) is 26.3 Å². The van der Waals surface area contributed by atoms with Gasteiger partial charge in [0.2, 0.25) is 0 Å². The molecule has 1 aliphatic rings.